The molecule has 2 fully saturated rings. The number of benzene rings is 2. The standard InChI is InChI=1S/C25H28N2O3/c1-18-12-14-27(15-13-18)23(29)17-25(16-22(28)26(2)24(25)30)21-10-8-20(9-11-21)19-6-4-3-5-7-19/h3-11,18H,12-17H2,1-2H3. The molecule has 0 bridgehead atoms. The molecule has 0 spiro atoms. The van der Waals surface area contributed by atoms with Gasteiger partial charge in [-0.2, -0.15) is 0 Å². The van der Waals surface area contributed by atoms with Crippen LogP contribution in [0.4, 0.5) is 0 Å². The molecular weight excluding hydrogens is 376 g/mol. The van der Waals surface area contributed by atoms with Crippen molar-refractivity contribution in [2.75, 3.05) is 20.1 Å². The molecule has 2 aromatic carbocycles. The molecular formula is C25H28N2O3. The largest absolute Gasteiger partial charge is 0.343 e. The lowest BCUT2D eigenvalue weighted by molar-refractivity contribution is -0.142. The smallest absolute Gasteiger partial charge is 0.240 e. The molecule has 1 unspecified atom stereocenters. The maximum Gasteiger partial charge on any atom is 0.240 e. The van der Waals surface area contributed by atoms with Crippen LogP contribution in [0.25, 0.3) is 11.1 Å². The Bertz CT molecular complexity index is 946. The normalized spacial score (nSPS) is 22.6. The van der Waals surface area contributed by atoms with Crippen molar-refractivity contribution in [3.8, 4) is 11.1 Å². The predicted molar refractivity (Wildman–Crippen MR) is 116 cm³/mol. The van der Waals surface area contributed by atoms with Crippen molar-refractivity contribution in [2.24, 2.45) is 5.92 Å². The summed E-state index contributed by atoms with van der Waals surface area (Å²) in [7, 11) is 1.51. The van der Waals surface area contributed by atoms with Gasteiger partial charge in [0.15, 0.2) is 0 Å². The van der Waals surface area contributed by atoms with E-state index in [4.69, 9.17) is 0 Å². The first-order chi connectivity index (χ1) is 14.4. The van der Waals surface area contributed by atoms with Gasteiger partial charge in [0.2, 0.25) is 17.7 Å². The molecule has 5 heteroatoms. The molecule has 1 atom stereocenters. The van der Waals surface area contributed by atoms with E-state index < -0.39 is 5.41 Å². The van der Waals surface area contributed by atoms with Gasteiger partial charge in [0.25, 0.3) is 0 Å². The van der Waals surface area contributed by atoms with E-state index >= 15 is 0 Å². The highest BCUT2D eigenvalue weighted by molar-refractivity contribution is 6.10. The molecule has 30 heavy (non-hydrogen) atoms. The van der Waals surface area contributed by atoms with Crippen molar-refractivity contribution < 1.29 is 14.4 Å². The fourth-order valence-corrected chi connectivity index (χ4v) is 4.59. The van der Waals surface area contributed by atoms with Gasteiger partial charge in [-0.1, -0.05) is 61.5 Å². The highest BCUT2D eigenvalue weighted by Crippen LogP contribution is 2.40. The third-order valence-electron chi connectivity index (χ3n) is 6.68. The maximum absolute atomic E-state index is 13.2. The van der Waals surface area contributed by atoms with Crippen LogP contribution in [-0.2, 0) is 19.8 Å². The van der Waals surface area contributed by atoms with E-state index in [1.54, 1.807) is 0 Å². The monoisotopic (exact) mass is 404 g/mol. The van der Waals surface area contributed by atoms with Crippen LogP contribution in [0.5, 0.6) is 0 Å². The number of hydrogen-bond acceptors (Lipinski definition) is 3. The summed E-state index contributed by atoms with van der Waals surface area (Å²) in [6.07, 6.45) is 2.05. The second kappa shape index (κ2) is 8.05. The molecule has 2 heterocycles. The SMILES string of the molecule is CC1CCN(C(=O)CC2(c3ccc(-c4ccccc4)cc3)CC(=O)N(C)C2=O)CC1. The second-order valence-corrected chi connectivity index (χ2v) is 8.70. The Labute approximate surface area is 177 Å². The lowest BCUT2D eigenvalue weighted by atomic mass is 9.75. The van der Waals surface area contributed by atoms with E-state index in [0.717, 1.165) is 42.6 Å². The number of imide groups is 1. The lowest BCUT2D eigenvalue weighted by Crippen LogP contribution is -2.44. The molecule has 2 aromatic rings. The average Bonchev–Trinajstić information content (AvgIpc) is 2.99. The van der Waals surface area contributed by atoms with Gasteiger partial charge in [-0.15, -0.1) is 0 Å². The highest BCUT2D eigenvalue weighted by atomic mass is 16.2. The number of amides is 3. The average molecular weight is 405 g/mol. The molecule has 3 amide bonds. The molecule has 156 valence electrons. The number of carbonyl (C=O) groups excluding carboxylic acids is 3. The molecule has 2 saturated heterocycles. The predicted octanol–water partition coefficient (Wildman–Crippen LogP) is 3.63. The van der Waals surface area contributed by atoms with Crippen LogP contribution in [0.1, 0.15) is 38.2 Å². The highest BCUT2D eigenvalue weighted by Gasteiger charge is 2.53. The summed E-state index contributed by atoms with van der Waals surface area (Å²) >= 11 is 0. The molecule has 0 N–H and O–H groups in total. The van der Waals surface area contributed by atoms with Crippen molar-refractivity contribution in [1.82, 2.24) is 9.80 Å². The number of rotatable bonds is 4. The molecule has 0 aliphatic carbocycles. The number of nitrogens with zero attached hydrogens (tertiary/aromatic N) is 2. The number of likely N-dealkylation sites (N-methyl/N-ethyl adjacent to an activating group) is 1. The van der Waals surface area contributed by atoms with Crippen LogP contribution in [0.3, 0.4) is 0 Å². The number of carbonyl (C=O) groups is 3. The quantitative estimate of drug-likeness (QED) is 0.731. The van der Waals surface area contributed by atoms with E-state index in [2.05, 4.69) is 6.92 Å². The van der Waals surface area contributed by atoms with E-state index in [-0.39, 0.29) is 30.6 Å². The minimum atomic E-state index is -1.11. The minimum absolute atomic E-state index is 0.0366. The second-order valence-electron chi connectivity index (χ2n) is 8.70. The number of likely N-dealkylation sites (tertiary alicyclic amines) is 2. The van der Waals surface area contributed by atoms with Gasteiger partial charge in [-0.3, -0.25) is 19.3 Å². The Morgan fingerprint density at radius 3 is 2.13 bits per heavy atom. The summed E-state index contributed by atoms with van der Waals surface area (Å²) in [5, 5.41) is 0. The topological polar surface area (TPSA) is 57.7 Å². The Morgan fingerprint density at radius 2 is 1.57 bits per heavy atom. The molecule has 5 nitrogen and oxygen atoms in total. The third-order valence-corrected chi connectivity index (χ3v) is 6.68. The fraction of sp³-hybridized carbons (Fsp3) is 0.400. The molecule has 0 radical (unpaired) electrons. The van der Waals surface area contributed by atoms with Crippen LogP contribution in [0.2, 0.25) is 0 Å². The van der Waals surface area contributed by atoms with Crippen LogP contribution < -0.4 is 0 Å². The maximum atomic E-state index is 13.2. The molecule has 0 saturated carbocycles. The van der Waals surface area contributed by atoms with Gasteiger partial charge in [0, 0.05) is 33.0 Å². The van der Waals surface area contributed by atoms with Gasteiger partial charge in [0.05, 0.1) is 5.41 Å². The summed E-state index contributed by atoms with van der Waals surface area (Å²) in [5.41, 5.74) is 1.75. The van der Waals surface area contributed by atoms with Crippen molar-refractivity contribution in [2.45, 2.75) is 38.0 Å². The van der Waals surface area contributed by atoms with E-state index in [1.807, 2.05) is 59.5 Å². The zero-order valence-corrected chi connectivity index (χ0v) is 17.6. The summed E-state index contributed by atoms with van der Waals surface area (Å²) in [6, 6.07) is 17.7. The first kappa shape index (κ1) is 20.3. The Morgan fingerprint density at radius 1 is 0.967 bits per heavy atom. The van der Waals surface area contributed by atoms with Gasteiger partial charge >= 0.3 is 0 Å². The van der Waals surface area contributed by atoms with Crippen molar-refractivity contribution in [3.05, 3.63) is 60.2 Å². The number of piperidine rings is 1. The van der Waals surface area contributed by atoms with Gasteiger partial charge < -0.3 is 4.90 Å². The molecule has 2 aliphatic heterocycles. The van der Waals surface area contributed by atoms with Crippen molar-refractivity contribution in [3.63, 3.8) is 0 Å². The summed E-state index contributed by atoms with van der Waals surface area (Å²) in [6.45, 7) is 3.65. The first-order valence-electron chi connectivity index (χ1n) is 10.7. The molecule has 0 aromatic heterocycles. The zero-order valence-electron chi connectivity index (χ0n) is 17.6. The van der Waals surface area contributed by atoms with E-state index in [9.17, 15) is 14.4 Å². The van der Waals surface area contributed by atoms with Crippen LogP contribution in [0, 0.1) is 5.92 Å². The van der Waals surface area contributed by atoms with Crippen LogP contribution in [0.15, 0.2) is 54.6 Å². The lowest BCUT2D eigenvalue weighted by Gasteiger charge is -2.34. The molecule has 4 rings (SSSR count). The van der Waals surface area contributed by atoms with E-state index in [0.29, 0.717) is 5.92 Å². The van der Waals surface area contributed by atoms with Crippen molar-refractivity contribution in [1.29, 1.82) is 0 Å². The first-order valence-corrected chi connectivity index (χ1v) is 10.7. The Hall–Kier alpha value is -2.95. The summed E-state index contributed by atoms with van der Waals surface area (Å²) < 4.78 is 0. The Balaban J connectivity index is 1.64. The third kappa shape index (κ3) is 3.64. The molecule has 2 aliphatic rings. The summed E-state index contributed by atoms with van der Waals surface area (Å²) in [5.74, 6) is 0.0748. The Kier molecular flexibility index (Phi) is 5.46. The van der Waals surface area contributed by atoms with Crippen LogP contribution in [-0.4, -0.2) is 47.7 Å². The van der Waals surface area contributed by atoms with Crippen molar-refractivity contribution >= 4 is 17.7 Å². The number of hydrogen-bond donors (Lipinski definition) is 0. The van der Waals surface area contributed by atoms with E-state index in [1.165, 1.54) is 11.9 Å². The van der Waals surface area contributed by atoms with Gasteiger partial charge in [-0.05, 0) is 35.4 Å². The minimum Gasteiger partial charge on any atom is -0.343 e. The van der Waals surface area contributed by atoms with Crippen LogP contribution >= 0.6 is 0 Å². The van der Waals surface area contributed by atoms with Gasteiger partial charge in [0.1, 0.15) is 0 Å². The zero-order chi connectivity index (χ0) is 21.3. The fourth-order valence-electron chi connectivity index (χ4n) is 4.59. The van der Waals surface area contributed by atoms with Gasteiger partial charge in [-0.25, -0.2) is 0 Å². The summed E-state index contributed by atoms with van der Waals surface area (Å²) in [4.78, 5) is 41.8.